The molecule has 0 amide bonds. The van der Waals surface area contributed by atoms with Crippen LogP contribution in [0.15, 0.2) is 0 Å². The fourth-order valence-corrected chi connectivity index (χ4v) is 1.90. The zero-order valence-electron chi connectivity index (χ0n) is 7.34. The second-order valence-electron chi connectivity index (χ2n) is 3.62. The van der Waals surface area contributed by atoms with Crippen LogP contribution < -0.4 is 0 Å². The molecule has 12 heavy (non-hydrogen) atoms. The highest BCUT2D eigenvalue weighted by molar-refractivity contribution is 5.86. The van der Waals surface area contributed by atoms with Gasteiger partial charge in [-0.3, -0.25) is 4.79 Å². The fourth-order valence-electron chi connectivity index (χ4n) is 1.90. The van der Waals surface area contributed by atoms with E-state index in [-0.39, 0.29) is 11.9 Å². The van der Waals surface area contributed by atoms with Crippen LogP contribution in [0.3, 0.4) is 0 Å². The van der Waals surface area contributed by atoms with Gasteiger partial charge in [0.2, 0.25) is 5.79 Å². The third-order valence-corrected chi connectivity index (χ3v) is 2.53. The van der Waals surface area contributed by atoms with Crippen molar-refractivity contribution in [2.45, 2.75) is 44.5 Å². The molecular weight excluding hydrogens is 156 g/mol. The molecule has 1 spiro atoms. The monoisotopic (exact) mass is 170 g/mol. The van der Waals surface area contributed by atoms with Gasteiger partial charge in [-0.25, -0.2) is 0 Å². The number of carbonyl (C=O) groups is 1. The van der Waals surface area contributed by atoms with Crippen molar-refractivity contribution in [2.24, 2.45) is 0 Å². The standard InChI is InChI=1S/C9H14O3/c1-7-6-11-9(12-7)5-3-2-4-8(9)10/h7H,2-6H2,1H3. The minimum Gasteiger partial charge on any atom is -0.341 e. The maximum atomic E-state index is 11.5. The Kier molecular flexibility index (Phi) is 1.93. The molecule has 2 aliphatic rings. The van der Waals surface area contributed by atoms with Gasteiger partial charge in [-0.15, -0.1) is 0 Å². The van der Waals surface area contributed by atoms with Crippen molar-refractivity contribution in [3.8, 4) is 0 Å². The van der Waals surface area contributed by atoms with E-state index >= 15 is 0 Å². The molecule has 1 aliphatic heterocycles. The third-order valence-electron chi connectivity index (χ3n) is 2.53. The smallest absolute Gasteiger partial charge is 0.229 e. The van der Waals surface area contributed by atoms with Crippen molar-refractivity contribution in [3.05, 3.63) is 0 Å². The summed E-state index contributed by atoms with van der Waals surface area (Å²) in [4.78, 5) is 11.5. The lowest BCUT2D eigenvalue weighted by Crippen LogP contribution is -2.42. The van der Waals surface area contributed by atoms with E-state index in [1.54, 1.807) is 0 Å². The molecule has 0 bridgehead atoms. The zero-order valence-corrected chi connectivity index (χ0v) is 7.34. The Balaban J connectivity index is 2.13. The van der Waals surface area contributed by atoms with Gasteiger partial charge in [-0.05, 0) is 19.8 Å². The second-order valence-corrected chi connectivity index (χ2v) is 3.62. The van der Waals surface area contributed by atoms with Gasteiger partial charge < -0.3 is 9.47 Å². The van der Waals surface area contributed by atoms with Gasteiger partial charge >= 0.3 is 0 Å². The minimum atomic E-state index is -0.836. The minimum absolute atomic E-state index is 0.0760. The molecule has 3 heteroatoms. The summed E-state index contributed by atoms with van der Waals surface area (Å²) in [6, 6.07) is 0. The second kappa shape index (κ2) is 2.82. The molecule has 2 rings (SSSR count). The average Bonchev–Trinajstić information content (AvgIpc) is 2.41. The van der Waals surface area contributed by atoms with E-state index in [1.807, 2.05) is 6.92 Å². The molecule has 0 radical (unpaired) electrons. The molecule has 1 saturated heterocycles. The molecule has 0 N–H and O–H groups in total. The van der Waals surface area contributed by atoms with Gasteiger partial charge in [0.1, 0.15) is 0 Å². The Morgan fingerprint density at radius 3 is 2.92 bits per heavy atom. The molecule has 3 nitrogen and oxygen atoms in total. The van der Waals surface area contributed by atoms with E-state index in [2.05, 4.69) is 0 Å². The molecule has 0 aromatic rings. The summed E-state index contributed by atoms with van der Waals surface area (Å²) < 4.78 is 11.0. The quantitative estimate of drug-likeness (QED) is 0.549. The van der Waals surface area contributed by atoms with E-state index < -0.39 is 5.79 Å². The molecule has 2 unspecified atom stereocenters. The average molecular weight is 170 g/mol. The van der Waals surface area contributed by atoms with E-state index in [4.69, 9.17) is 9.47 Å². The SMILES string of the molecule is CC1COC2(CCCCC2=O)O1. The highest BCUT2D eigenvalue weighted by atomic mass is 16.7. The lowest BCUT2D eigenvalue weighted by atomic mass is 9.93. The number of ether oxygens (including phenoxy) is 2. The van der Waals surface area contributed by atoms with Crippen molar-refractivity contribution < 1.29 is 14.3 Å². The van der Waals surface area contributed by atoms with Crippen LogP contribution in [0.5, 0.6) is 0 Å². The van der Waals surface area contributed by atoms with E-state index in [0.29, 0.717) is 13.0 Å². The first-order chi connectivity index (χ1) is 5.73. The van der Waals surface area contributed by atoms with E-state index in [9.17, 15) is 4.79 Å². The number of hydrogen-bond donors (Lipinski definition) is 0. The number of ketones is 1. The predicted octanol–water partition coefficient (Wildman–Crippen LogP) is 1.26. The van der Waals surface area contributed by atoms with Crippen LogP contribution in [-0.2, 0) is 14.3 Å². The molecule has 2 fully saturated rings. The highest BCUT2D eigenvalue weighted by Gasteiger charge is 2.47. The molecule has 68 valence electrons. The lowest BCUT2D eigenvalue weighted by molar-refractivity contribution is -0.192. The van der Waals surface area contributed by atoms with Crippen molar-refractivity contribution in [2.75, 3.05) is 6.61 Å². The number of carbonyl (C=O) groups excluding carboxylic acids is 1. The van der Waals surface area contributed by atoms with Gasteiger partial charge in [-0.2, -0.15) is 0 Å². The Morgan fingerprint density at radius 2 is 2.33 bits per heavy atom. The normalized spacial score (nSPS) is 42.4. The summed E-state index contributed by atoms with van der Waals surface area (Å²) in [5.74, 6) is -0.699. The number of Topliss-reactive ketones (excluding diaryl/α,β-unsaturated/α-hetero) is 1. The summed E-state index contributed by atoms with van der Waals surface area (Å²) in [7, 11) is 0. The van der Waals surface area contributed by atoms with Gasteiger partial charge in [0.15, 0.2) is 5.78 Å². The fraction of sp³-hybridized carbons (Fsp3) is 0.889. The van der Waals surface area contributed by atoms with Crippen LogP contribution in [0.25, 0.3) is 0 Å². The largest absolute Gasteiger partial charge is 0.341 e. The highest BCUT2D eigenvalue weighted by Crippen LogP contribution is 2.34. The molecule has 2 atom stereocenters. The Bertz CT molecular complexity index is 198. The summed E-state index contributed by atoms with van der Waals surface area (Å²) in [6.07, 6.45) is 3.47. The van der Waals surface area contributed by atoms with E-state index in [1.165, 1.54) is 0 Å². The van der Waals surface area contributed by atoms with Crippen LogP contribution in [0.2, 0.25) is 0 Å². The number of rotatable bonds is 0. The molecular formula is C9H14O3. The maximum Gasteiger partial charge on any atom is 0.229 e. The maximum absolute atomic E-state index is 11.5. The first-order valence-electron chi connectivity index (χ1n) is 4.58. The molecule has 0 aromatic heterocycles. The molecule has 1 aliphatic carbocycles. The summed E-state index contributed by atoms with van der Waals surface area (Å²) >= 11 is 0. The van der Waals surface area contributed by atoms with Crippen LogP contribution in [0.4, 0.5) is 0 Å². The topological polar surface area (TPSA) is 35.5 Å². The van der Waals surface area contributed by atoms with Gasteiger partial charge in [-0.1, -0.05) is 0 Å². The van der Waals surface area contributed by atoms with Crippen molar-refractivity contribution in [3.63, 3.8) is 0 Å². The molecule has 1 saturated carbocycles. The predicted molar refractivity (Wildman–Crippen MR) is 42.7 cm³/mol. The lowest BCUT2D eigenvalue weighted by Gasteiger charge is -2.29. The Hall–Kier alpha value is -0.410. The van der Waals surface area contributed by atoms with Crippen molar-refractivity contribution in [1.29, 1.82) is 0 Å². The van der Waals surface area contributed by atoms with Gasteiger partial charge in [0.05, 0.1) is 12.7 Å². The summed E-state index contributed by atoms with van der Waals surface area (Å²) in [5.41, 5.74) is 0. The summed E-state index contributed by atoms with van der Waals surface area (Å²) in [5, 5.41) is 0. The first-order valence-corrected chi connectivity index (χ1v) is 4.58. The third kappa shape index (κ3) is 1.17. The zero-order chi connectivity index (χ0) is 8.60. The van der Waals surface area contributed by atoms with Crippen LogP contribution in [0.1, 0.15) is 32.6 Å². The van der Waals surface area contributed by atoms with Gasteiger partial charge in [0.25, 0.3) is 0 Å². The molecule has 1 heterocycles. The van der Waals surface area contributed by atoms with Crippen molar-refractivity contribution in [1.82, 2.24) is 0 Å². The number of hydrogen-bond acceptors (Lipinski definition) is 3. The molecule has 0 aromatic carbocycles. The van der Waals surface area contributed by atoms with Crippen molar-refractivity contribution >= 4 is 5.78 Å². The van der Waals surface area contributed by atoms with Crippen LogP contribution >= 0.6 is 0 Å². The Labute approximate surface area is 72.0 Å². The Morgan fingerprint density at radius 1 is 1.50 bits per heavy atom. The van der Waals surface area contributed by atoms with Crippen LogP contribution in [0, 0.1) is 0 Å². The summed E-state index contributed by atoms with van der Waals surface area (Å²) in [6.45, 7) is 2.50. The van der Waals surface area contributed by atoms with Gasteiger partial charge in [0, 0.05) is 12.8 Å². The first kappa shape index (κ1) is 8.20. The van der Waals surface area contributed by atoms with Crippen LogP contribution in [-0.4, -0.2) is 24.3 Å². The van der Waals surface area contributed by atoms with E-state index in [0.717, 1.165) is 19.3 Å².